The van der Waals surface area contributed by atoms with Crippen LogP contribution in [0.1, 0.15) is 25.0 Å². The number of carboxylic acid groups (broad SMARTS) is 2. The first kappa shape index (κ1) is 25.3. The molecule has 174 valence electrons. The first-order valence-corrected chi connectivity index (χ1v) is 10.1. The van der Waals surface area contributed by atoms with Crippen molar-refractivity contribution >= 4 is 23.9 Å². The lowest BCUT2D eigenvalue weighted by Crippen LogP contribution is -2.53. The number of hydrogen-bond donors (Lipinski definition) is 2. The Hall–Kier alpha value is -3.94. The molecule has 2 N–H and O–H groups in total. The average molecular weight is 454 g/mol. The summed E-state index contributed by atoms with van der Waals surface area (Å²) in [5, 5.41) is 19.7. The van der Waals surface area contributed by atoms with Crippen LogP contribution >= 0.6 is 0 Å². The number of rotatable bonds is 9. The second-order valence-electron chi connectivity index (χ2n) is 7.87. The molecule has 2 rings (SSSR count). The van der Waals surface area contributed by atoms with Gasteiger partial charge >= 0.3 is 23.9 Å². The van der Waals surface area contributed by atoms with E-state index in [0.717, 1.165) is 11.1 Å². The lowest BCUT2D eigenvalue weighted by molar-refractivity contribution is -0.168. The number of hydrogen-bond acceptors (Lipinski definition) is 6. The molecule has 0 fully saturated rings. The van der Waals surface area contributed by atoms with Crippen molar-refractivity contribution in [3.63, 3.8) is 0 Å². The average Bonchev–Trinajstić information content (AvgIpc) is 2.76. The monoisotopic (exact) mass is 454 g/mol. The standard InChI is InChI=1S/C25H26O8/c1-14-6-10-19(11-7-14)32-22(28)17(4)25(24(30)31,16(3)21(26)27)18(5)23(29)33-20-12-8-15(2)9-13-20/h6-13,17-18H,3H2,1-2,4-5H3,(H,26,27)(H,30,31). The zero-order valence-electron chi connectivity index (χ0n) is 18.8. The van der Waals surface area contributed by atoms with E-state index in [9.17, 15) is 29.4 Å². The van der Waals surface area contributed by atoms with Crippen LogP contribution in [0.4, 0.5) is 0 Å². The molecule has 8 heteroatoms. The molecular weight excluding hydrogens is 428 g/mol. The van der Waals surface area contributed by atoms with Gasteiger partial charge < -0.3 is 19.7 Å². The Bertz CT molecular complexity index is 1000. The summed E-state index contributed by atoms with van der Waals surface area (Å²) in [4.78, 5) is 50.2. The lowest BCUT2D eigenvalue weighted by Gasteiger charge is -2.37. The first-order chi connectivity index (χ1) is 15.4. The lowest BCUT2D eigenvalue weighted by atomic mass is 9.63. The quantitative estimate of drug-likeness (QED) is 0.333. The highest BCUT2D eigenvalue weighted by atomic mass is 16.5. The maximum Gasteiger partial charge on any atom is 0.332 e. The van der Waals surface area contributed by atoms with Gasteiger partial charge in [0.2, 0.25) is 0 Å². The largest absolute Gasteiger partial charge is 0.481 e. The summed E-state index contributed by atoms with van der Waals surface area (Å²) in [6, 6.07) is 12.8. The van der Waals surface area contributed by atoms with E-state index < -0.39 is 46.7 Å². The third-order valence-corrected chi connectivity index (χ3v) is 5.66. The van der Waals surface area contributed by atoms with Gasteiger partial charge in [-0.15, -0.1) is 0 Å². The van der Waals surface area contributed by atoms with E-state index in [4.69, 9.17) is 9.47 Å². The topological polar surface area (TPSA) is 127 Å². The Kier molecular flexibility index (Phi) is 7.76. The molecule has 0 aliphatic heterocycles. The first-order valence-electron chi connectivity index (χ1n) is 10.1. The number of ether oxygens (including phenoxy) is 2. The van der Waals surface area contributed by atoms with Crippen LogP contribution in [0.2, 0.25) is 0 Å². The molecule has 0 saturated heterocycles. The normalized spacial score (nSPS) is 14.3. The minimum absolute atomic E-state index is 0.146. The molecule has 0 bridgehead atoms. The van der Waals surface area contributed by atoms with Gasteiger partial charge in [0.15, 0.2) is 0 Å². The van der Waals surface area contributed by atoms with Crippen molar-refractivity contribution in [2.24, 2.45) is 17.3 Å². The van der Waals surface area contributed by atoms with Gasteiger partial charge in [-0.3, -0.25) is 14.4 Å². The van der Waals surface area contributed by atoms with Crippen molar-refractivity contribution in [1.29, 1.82) is 0 Å². The molecule has 0 amide bonds. The van der Waals surface area contributed by atoms with E-state index in [0.29, 0.717) is 0 Å². The van der Waals surface area contributed by atoms with Gasteiger partial charge in [-0.25, -0.2) is 4.79 Å². The Morgan fingerprint density at radius 2 is 1.09 bits per heavy atom. The maximum atomic E-state index is 12.9. The summed E-state index contributed by atoms with van der Waals surface area (Å²) in [5.74, 6) is -8.34. The predicted octanol–water partition coefficient (Wildman–Crippen LogP) is 3.80. The van der Waals surface area contributed by atoms with E-state index in [1.54, 1.807) is 24.3 Å². The molecule has 2 unspecified atom stereocenters. The van der Waals surface area contributed by atoms with Crippen molar-refractivity contribution in [3.8, 4) is 11.5 Å². The number of benzene rings is 2. The van der Waals surface area contributed by atoms with Gasteiger partial charge in [0.25, 0.3) is 0 Å². The van der Waals surface area contributed by atoms with Crippen LogP contribution in [-0.2, 0) is 19.2 Å². The summed E-state index contributed by atoms with van der Waals surface area (Å²) >= 11 is 0. The van der Waals surface area contributed by atoms with Crippen molar-refractivity contribution in [1.82, 2.24) is 0 Å². The fourth-order valence-corrected chi connectivity index (χ4v) is 3.57. The second kappa shape index (κ2) is 10.1. The van der Waals surface area contributed by atoms with Gasteiger partial charge in [0, 0.05) is 5.57 Å². The van der Waals surface area contributed by atoms with Crippen molar-refractivity contribution < 1.29 is 38.9 Å². The summed E-state index contributed by atoms with van der Waals surface area (Å²) in [6.07, 6.45) is 0. The van der Waals surface area contributed by atoms with E-state index in [1.165, 1.54) is 38.1 Å². The fourth-order valence-electron chi connectivity index (χ4n) is 3.57. The molecule has 0 spiro atoms. The van der Waals surface area contributed by atoms with Gasteiger partial charge in [-0.2, -0.15) is 0 Å². The zero-order valence-corrected chi connectivity index (χ0v) is 18.8. The van der Waals surface area contributed by atoms with E-state index in [2.05, 4.69) is 6.58 Å². The van der Waals surface area contributed by atoms with Gasteiger partial charge in [-0.1, -0.05) is 55.8 Å². The second-order valence-corrected chi connectivity index (χ2v) is 7.87. The van der Waals surface area contributed by atoms with Crippen LogP contribution in [0.3, 0.4) is 0 Å². The molecule has 0 aromatic heterocycles. The predicted molar refractivity (Wildman–Crippen MR) is 119 cm³/mol. The number of esters is 2. The van der Waals surface area contributed by atoms with Crippen molar-refractivity contribution in [2.75, 3.05) is 0 Å². The van der Waals surface area contributed by atoms with Crippen LogP contribution in [0, 0.1) is 31.1 Å². The Morgan fingerprint density at radius 3 is 1.36 bits per heavy atom. The molecule has 2 aromatic rings. The number of carbonyl (C=O) groups excluding carboxylic acids is 2. The van der Waals surface area contributed by atoms with E-state index in [1.807, 2.05) is 13.8 Å². The highest BCUT2D eigenvalue weighted by Gasteiger charge is 2.59. The van der Waals surface area contributed by atoms with E-state index >= 15 is 0 Å². The highest BCUT2D eigenvalue weighted by Crippen LogP contribution is 2.44. The molecule has 0 radical (unpaired) electrons. The minimum Gasteiger partial charge on any atom is -0.481 e. The molecule has 0 aliphatic rings. The van der Waals surface area contributed by atoms with Crippen molar-refractivity contribution in [3.05, 3.63) is 71.8 Å². The number of carboxylic acids is 2. The fraction of sp³-hybridized carbons (Fsp3) is 0.280. The van der Waals surface area contributed by atoms with Crippen LogP contribution < -0.4 is 9.47 Å². The third-order valence-electron chi connectivity index (χ3n) is 5.66. The van der Waals surface area contributed by atoms with Crippen molar-refractivity contribution in [2.45, 2.75) is 27.7 Å². The van der Waals surface area contributed by atoms with Crippen LogP contribution in [0.15, 0.2) is 60.7 Å². The van der Waals surface area contributed by atoms with Crippen LogP contribution in [-0.4, -0.2) is 34.1 Å². The van der Waals surface area contributed by atoms with Gasteiger partial charge in [0.1, 0.15) is 16.9 Å². The molecular formula is C25H26O8. The zero-order chi connectivity index (χ0) is 24.9. The molecule has 0 aliphatic carbocycles. The number of carbonyl (C=O) groups is 4. The molecule has 0 heterocycles. The van der Waals surface area contributed by atoms with Gasteiger partial charge in [-0.05, 0) is 38.1 Å². The Labute approximate surface area is 191 Å². The molecule has 8 nitrogen and oxygen atoms in total. The molecule has 33 heavy (non-hydrogen) atoms. The third kappa shape index (κ3) is 5.28. The van der Waals surface area contributed by atoms with Gasteiger partial charge in [0.05, 0.1) is 11.8 Å². The summed E-state index contributed by atoms with van der Waals surface area (Å²) < 4.78 is 10.6. The smallest absolute Gasteiger partial charge is 0.332 e. The summed E-state index contributed by atoms with van der Waals surface area (Å²) in [6.45, 7) is 9.44. The Balaban J connectivity index is 2.46. The Morgan fingerprint density at radius 1 is 0.758 bits per heavy atom. The highest BCUT2D eigenvalue weighted by molar-refractivity contribution is 6.02. The van der Waals surface area contributed by atoms with E-state index in [-0.39, 0.29) is 11.5 Å². The number of aliphatic carboxylic acids is 2. The summed E-state index contributed by atoms with van der Waals surface area (Å²) in [7, 11) is 0. The van der Waals surface area contributed by atoms with Crippen LogP contribution in [0.5, 0.6) is 11.5 Å². The molecule has 2 atom stereocenters. The van der Waals surface area contributed by atoms with Crippen LogP contribution in [0.25, 0.3) is 0 Å². The maximum absolute atomic E-state index is 12.9. The molecule has 0 saturated carbocycles. The SMILES string of the molecule is C=C(C(=O)O)C(C(=O)O)(C(C)C(=O)Oc1ccc(C)cc1)C(C)C(=O)Oc1ccc(C)cc1. The minimum atomic E-state index is -2.53. The molecule has 2 aromatic carbocycles. The summed E-state index contributed by atoms with van der Waals surface area (Å²) in [5.41, 5.74) is -1.55. The number of aryl methyl sites for hydroxylation is 2.